The zero-order valence-corrected chi connectivity index (χ0v) is 18.3. The summed E-state index contributed by atoms with van der Waals surface area (Å²) in [7, 11) is 0. The first-order chi connectivity index (χ1) is 13.5. The average Bonchev–Trinajstić information content (AvgIpc) is 3.24. The van der Waals surface area contributed by atoms with Crippen LogP contribution in [0.15, 0.2) is 18.2 Å². The van der Waals surface area contributed by atoms with E-state index in [2.05, 4.69) is 10.6 Å². The Morgan fingerprint density at radius 3 is 2.00 bits per heavy atom. The highest BCUT2D eigenvalue weighted by Crippen LogP contribution is 2.48. The summed E-state index contributed by atoms with van der Waals surface area (Å²) in [6, 6.07) is 3.02. The standard InChI is InChI=1S/C18H22F4N2O.2C2H6/c1-16(2,19)11-8-12(10-13(9-11)18(20,21)22)17(5-6-17)24-15(25)14-4-3-7-23-14;2*1-2/h8-10,14,23H,3-7H2,1-2H3,(H,24,25);2*1-2H3. The molecule has 166 valence electrons. The van der Waals surface area contributed by atoms with Crippen molar-refractivity contribution in [3.05, 3.63) is 34.9 Å². The van der Waals surface area contributed by atoms with Crippen molar-refractivity contribution in [1.82, 2.24) is 10.6 Å². The lowest BCUT2D eigenvalue weighted by molar-refractivity contribution is -0.137. The number of nitrogens with one attached hydrogen (secondary N) is 2. The van der Waals surface area contributed by atoms with Crippen molar-refractivity contribution in [3.63, 3.8) is 0 Å². The second-order valence-corrected chi connectivity index (χ2v) is 7.49. The zero-order chi connectivity index (χ0) is 22.5. The number of carbonyl (C=O) groups excluding carboxylic acids is 1. The van der Waals surface area contributed by atoms with Crippen LogP contribution in [0.2, 0.25) is 0 Å². The maximum atomic E-state index is 14.3. The van der Waals surface area contributed by atoms with E-state index < -0.39 is 22.9 Å². The van der Waals surface area contributed by atoms with E-state index in [9.17, 15) is 22.4 Å². The molecule has 2 aliphatic rings. The first kappa shape index (κ1) is 25.4. The fourth-order valence-corrected chi connectivity index (χ4v) is 3.25. The molecule has 3 rings (SSSR count). The molecule has 1 aliphatic heterocycles. The summed E-state index contributed by atoms with van der Waals surface area (Å²) in [6.45, 7) is 11.2. The first-order valence-corrected chi connectivity index (χ1v) is 10.5. The van der Waals surface area contributed by atoms with Gasteiger partial charge < -0.3 is 10.6 Å². The van der Waals surface area contributed by atoms with Crippen molar-refractivity contribution >= 4 is 5.91 Å². The minimum atomic E-state index is -4.57. The maximum Gasteiger partial charge on any atom is 0.416 e. The topological polar surface area (TPSA) is 41.1 Å². The predicted molar refractivity (Wildman–Crippen MR) is 108 cm³/mol. The third-order valence-corrected chi connectivity index (χ3v) is 4.99. The van der Waals surface area contributed by atoms with Crippen molar-refractivity contribution in [3.8, 4) is 0 Å². The lowest BCUT2D eigenvalue weighted by atomic mass is 9.91. The van der Waals surface area contributed by atoms with Gasteiger partial charge >= 0.3 is 6.18 Å². The van der Waals surface area contributed by atoms with E-state index in [4.69, 9.17) is 0 Å². The molecule has 1 aliphatic carbocycles. The molecule has 1 saturated heterocycles. The van der Waals surface area contributed by atoms with Crippen LogP contribution in [0.5, 0.6) is 0 Å². The quantitative estimate of drug-likeness (QED) is 0.605. The largest absolute Gasteiger partial charge is 0.416 e. The molecule has 1 atom stereocenters. The molecule has 1 unspecified atom stereocenters. The van der Waals surface area contributed by atoms with Crippen molar-refractivity contribution in [2.24, 2.45) is 0 Å². The third kappa shape index (κ3) is 6.43. The molecular formula is C22H34F4N2O. The highest BCUT2D eigenvalue weighted by Gasteiger charge is 2.48. The number of alkyl halides is 4. The summed E-state index contributed by atoms with van der Waals surface area (Å²) in [5.74, 6) is -0.200. The molecule has 7 heteroatoms. The van der Waals surface area contributed by atoms with Gasteiger partial charge in [-0.05, 0) is 69.3 Å². The summed E-state index contributed by atoms with van der Waals surface area (Å²) in [5, 5.41) is 5.97. The van der Waals surface area contributed by atoms with Gasteiger partial charge in [0.05, 0.1) is 17.1 Å². The number of hydrogen-bond acceptors (Lipinski definition) is 2. The van der Waals surface area contributed by atoms with Gasteiger partial charge in [-0.2, -0.15) is 13.2 Å². The molecule has 1 amide bonds. The van der Waals surface area contributed by atoms with E-state index in [0.717, 1.165) is 25.1 Å². The predicted octanol–water partition coefficient (Wildman–Crippen LogP) is 5.82. The molecular weight excluding hydrogens is 384 g/mol. The Labute approximate surface area is 171 Å². The highest BCUT2D eigenvalue weighted by atomic mass is 19.4. The van der Waals surface area contributed by atoms with Crippen molar-refractivity contribution in [1.29, 1.82) is 0 Å². The summed E-state index contributed by atoms with van der Waals surface area (Å²) >= 11 is 0. The Morgan fingerprint density at radius 2 is 1.59 bits per heavy atom. The number of hydrogen-bond donors (Lipinski definition) is 2. The van der Waals surface area contributed by atoms with Crippen LogP contribution in [0.25, 0.3) is 0 Å². The third-order valence-electron chi connectivity index (χ3n) is 4.99. The van der Waals surface area contributed by atoms with Crippen LogP contribution in [0.4, 0.5) is 17.6 Å². The van der Waals surface area contributed by atoms with Gasteiger partial charge in [0.1, 0.15) is 5.67 Å². The lowest BCUT2D eigenvalue weighted by Gasteiger charge is -2.24. The average molecular weight is 419 g/mol. The van der Waals surface area contributed by atoms with Gasteiger partial charge in [-0.15, -0.1) is 0 Å². The zero-order valence-electron chi connectivity index (χ0n) is 18.3. The van der Waals surface area contributed by atoms with Gasteiger partial charge in [-0.25, -0.2) is 4.39 Å². The Kier molecular flexibility index (Phi) is 8.69. The molecule has 0 bridgehead atoms. The first-order valence-electron chi connectivity index (χ1n) is 10.5. The van der Waals surface area contributed by atoms with Crippen LogP contribution in [-0.2, 0) is 22.2 Å². The molecule has 1 saturated carbocycles. The number of rotatable bonds is 4. The minimum Gasteiger partial charge on any atom is -0.345 e. The number of carbonyl (C=O) groups is 1. The van der Waals surface area contributed by atoms with E-state index in [1.807, 2.05) is 27.7 Å². The number of amides is 1. The van der Waals surface area contributed by atoms with Gasteiger partial charge in [0.15, 0.2) is 0 Å². The van der Waals surface area contributed by atoms with E-state index in [1.165, 1.54) is 19.9 Å². The second-order valence-electron chi connectivity index (χ2n) is 7.49. The smallest absolute Gasteiger partial charge is 0.345 e. The summed E-state index contributed by atoms with van der Waals surface area (Å²) < 4.78 is 54.0. The van der Waals surface area contributed by atoms with E-state index >= 15 is 0 Å². The van der Waals surface area contributed by atoms with Crippen molar-refractivity contribution in [2.45, 2.75) is 90.7 Å². The van der Waals surface area contributed by atoms with Gasteiger partial charge in [0.2, 0.25) is 5.91 Å². The van der Waals surface area contributed by atoms with Gasteiger partial charge in [-0.1, -0.05) is 33.8 Å². The van der Waals surface area contributed by atoms with E-state index in [-0.39, 0.29) is 17.5 Å². The van der Waals surface area contributed by atoms with Crippen LogP contribution < -0.4 is 10.6 Å². The molecule has 29 heavy (non-hydrogen) atoms. The summed E-state index contributed by atoms with van der Waals surface area (Å²) in [4.78, 5) is 12.4. The normalized spacial score (nSPS) is 20.0. The fraction of sp³-hybridized carbons (Fsp3) is 0.682. The molecule has 2 N–H and O–H groups in total. The molecule has 1 aromatic carbocycles. The molecule has 1 heterocycles. The number of benzene rings is 1. The Hall–Kier alpha value is -1.63. The lowest BCUT2D eigenvalue weighted by Crippen LogP contribution is -2.45. The summed E-state index contributed by atoms with van der Waals surface area (Å²) in [5.41, 5.74) is -3.30. The maximum absolute atomic E-state index is 14.3. The van der Waals surface area contributed by atoms with Crippen LogP contribution in [0.1, 0.15) is 83.9 Å². The molecule has 0 spiro atoms. The molecule has 1 aromatic rings. The minimum absolute atomic E-state index is 0.0307. The van der Waals surface area contributed by atoms with Crippen molar-refractivity contribution in [2.75, 3.05) is 6.54 Å². The molecule has 2 fully saturated rings. The molecule has 0 radical (unpaired) electrons. The van der Waals surface area contributed by atoms with Crippen LogP contribution >= 0.6 is 0 Å². The van der Waals surface area contributed by atoms with Gasteiger partial charge in [-0.3, -0.25) is 4.79 Å². The molecule has 0 aromatic heterocycles. The van der Waals surface area contributed by atoms with Crippen molar-refractivity contribution < 1.29 is 22.4 Å². The van der Waals surface area contributed by atoms with Crippen LogP contribution in [0, 0.1) is 0 Å². The second kappa shape index (κ2) is 9.92. The van der Waals surface area contributed by atoms with E-state index in [1.54, 1.807) is 0 Å². The highest BCUT2D eigenvalue weighted by molar-refractivity contribution is 5.83. The Bertz CT molecular complexity index is 638. The fourth-order valence-electron chi connectivity index (χ4n) is 3.25. The summed E-state index contributed by atoms with van der Waals surface area (Å²) in [6.07, 6.45) is -1.84. The van der Waals surface area contributed by atoms with Gasteiger partial charge in [0.25, 0.3) is 0 Å². The number of halogens is 4. The van der Waals surface area contributed by atoms with Crippen LogP contribution in [0.3, 0.4) is 0 Å². The van der Waals surface area contributed by atoms with Gasteiger partial charge in [0, 0.05) is 0 Å². The Morgan fingerprint density at radius 1 is 1.03 bits per heavy atom. The van der Waals surface area contributed by atoms with Crippen LogP contribution in [-0.4, -0.2) is 18.5 Å². The molecule has 3 nitrogen and oxygen atoms in total. The Balaban J connectivity index is 0.000000989. The SMILES string of the molecule is CC.CC.CC(C)(F)c1cc(C(F)(F)F)cc(C2(NC(=O)C3CCCN3)CC2)c1. The monoisotopic (exact) mass is 418 g/mol. The van der Waals surface area contributed by atoms with E-state index in [0.29, 0.717) is 24.8 Å².